The molecule has 7 heteroatoms. The van der Waals surface area contributed by atoms with Crippen LogP contribution < -0.4 is 16.0 Å². The van der Waals surface area contributed by atoms with Gasteiger partial charge in [-0.2, -0.15) is 0 Å². The summed E-state index contributed by atoms with van der Waals surface area (Å²) in [7, 11) is 1.54. The van der Waals surface area contributed by atoms with E-state index < -0.39 is 0 Å². The predicted molar refractivity (Wildman–Crippen MR) is 86.4 cm³/mol. The van der Waals surface area contributed by atoms with Gasteiger partial charge in [-0.3, -0.25) is 9.59 Å². The van der Waals surface area contributed by atoms with Crippen molar-refractivity contribution in [1.82, 2.24) is 10.6 Å². The molecule has 1 heterocycles. The maximum Gasteiger partial charge on any atom is 0.253 e. The summed E-state index contributed by atoms with van der Waals surface area (Å²) >= 11 is 5.89. The molecule has 5 nitrogen and oxygen atoms in total. The molecule has 21 heavy (non-hydrogen) atoms. The number of anilines is 1. The van der Waals surface area contributed by atoms with E-state index in [0.717, 1.165) is 19.4 Å². The van der Waals surface area contributed by atoms with E-state index in [1.165, 1.54) is 7.05 Å². The van der Waals surface area contributed by atoms with E-state index in [1.807, 2.05) is 0 Å². The third-order valence-corrected chi connectivity index (χ3v) is 3.56. The Kier molecular flexibility index (Phi) is 6.95. The van der Waals surface area contributed by atoms with Crippen molar-refractivity contribution in [1.29, 1.82) is 0 Å². The first-order chi connectivity index (χ1) is 9.60. The lowest BCUT2D eigenvalue weighted by Gasteiger charge is -2.13. The normalized spacial score (nSPS) is 17.0. The van der Waals surface area contributed by atoms with Crippen molar-refractivity contribution in [3.05, 3.63) is 28.8 Å². The summed E-state index contributed by atoms with van der Waals surface area (Å²) in [5.41, 5.74) is 0.851. The standard InChI is InChI=1S/C14H18ClN3O2.ClH/c1-16-14(20)11-7-9(15)4-5-12(11)18-13(19)8-10-3-2-6-17-10;/h4-5,7,10,17H,2-3,6,8H2,1H3,(H,16,20)(H,18,19);1H. The summed E-state index contributed by atoms with van der Waals surface area (Å²) in [5, 5.41) is 9.04. The Morgan fingerprint density at radius 3 is 2.81 bits per heavy atom. The number of carbonyl (C=O) groups is 2. The van der Waals surface area contributed by atoms with E-state index in [1.54, 1.807) is 18.2 Å². The van der Waals surface area contributed by atoms with Gasteiger partial charge in [-0.05, 0) is 37.6 Å². The Bertz CT molecular complexity index is 517. The monoisotopic (exact) mass is 331 g/mol. The molecule has 2 rings (SSSR count). The van der Waals surface area contributed by atoms with Crippen LogP contribution in [0.4, 0.5) is 5.69 Å². The van der Waals surface area contributed by atoms with Gasteiger partial charge in [-0.15, -0.1) is 12.4 Å². The fourth-order valence-corrected chi connectivity index (χ4v) is 2.48. The summed E-state index contributed by atoms with van der Waals surface area (Å²) in [6, 6.07) is 5.07. The summed E-state index contributed by atoms with van der Waals surface area (Å²) in [4.78, 5) is 23.8. The van der Waals surface area contributed by atoms with Crippen LogP contribution in [0.2, 0.25) is 5.02 Å². The largest absolute Gasteiger partial charge is 0.355 e. The molecule has 1 saturated heterocycles. The lowest BCUT2D eigenvalue weighted by molar-refractivity contribution is -0.116. The molecule has 0 saturated carbocycles. The molecule has 0 radical (unpaired) electrons. The van der Waals surface area contributed by atoms with Crippen molar-refractivity contribution in [2.45, 2.75) is 25.3 Å². The van der Waals surface area contributed by atoms with Crippen LogP contribution in [0, 0.1) is 0 Å². The minimum Gasteiger partial charge on any atom is -0.355 e. The molecule has 0 spiro atoms. The smallest absolute Gasteiger partial charge is 0.253 e. The topological polar surface area (TPSA) is 70.2 Å². The van der Waals surface area contributed by atoms with E-state index in [2.05, 4.69) is 16.0 Å². The van der Waals surface area contributed by atoms with Crippen LogP contribution in [-0.4, -0.2) is 31.4 Å². The molecule has 1 aliphatic heterocycles. The van der Waals surface area contributed by atoms with Gasteiger partial charge in [-0.1, -0.05) is 11.6 Å². The van der Waals surface area contributed by atoms with E-state index >= 15 is 0 Å². The van der Waals surface area contributed by atoms with Crippen molar-refractivity contribution in [2.24, 2.45) is 0 Å². The van der Waals surface area contributed by atoms with Gasteiger partial charge in [-0.25, -0.2) is 0 Å². The molecule has 0 aliphatic carbocycles. The zero-order chi connectivity index (χ0) is 14.5. The number of nitrogens with one attached hydrogen (secondary N) is 3. The second kappa shape index (κ2) is 8.22. The minimum absolute atomic E-state index is 0. The first-order valence-corrected chi connectivity index (χ1v) is 7.03. The number of benzene rings is 1. The number of carbonyl (C=O) groups excluding carboxylic acids is 2. The van der Waals surface area contributed by atoms with Crippen LogP contribution in [0.3, 0.4) is 0 Å². The molecule has 0 bridgehead atoms. The number of halogens is 2. The van der Waals surface area contributed by atoms with Gasteiger partial charge in [0, 0.05) is 24.5 Å². The first kappa shape index (κ1) is 17.8. The van der Waals surface area contributed by atoms with Crippen LogP contribution >= 0.6 is 24.0 Å². The maximum atomic E-state index is 12.0. The van der Waals surface area contributed by atoms with Gasteiger partial charge in [0.25, 0.3) is 5.91 Å². The Morgan fingerprint density at radius 1 is 1.43 bits per heavy atom. The lowest BCUT2D eigenvalue weighted by atomic mass is 10.1. The third kappa shape index (κ3) is 4.88. The molecule has 1 aromatic rings. The van der Waals surface area contributed by atoms with Crippen LogP contribution in [0.15, 0.2) is 18.2 Å². The number of rotatable bonds is 4. The molecule has 1 aromatic carbocycles. The summed E-state index contributed by atoms with van der Waals surface area (Å²) in [6.45, 7) is 0.961. The number of amides is 2. The fraction of sp³-hybridized carbons (Fsp3) is 0.429. The zero-order valence-corrected chi connectivity index (χ0v) is 13.3. The number of hydrogen-bond acceptors (Lipinski definition) is 3. The Morgan fingerprint density at radius 2 is 2.19 bits per heavy atom. The van der Waals surface area contributed by atoms with Gasteiger partial charge in [0.2, 0.25) is 5.91 Å². The second-order valence-corrected chi connectivity index (χ2v) is 5.25. The molecule has 1 fully saturated rings. The van der Waals surface area contributed by atoms with Crippen LogP contribution in [0.1, 0.15) is 29.6 Å². The zero-order valence-electron chi connectivity index (χ0n) is 11.7. The van der Waals surface area contributed by atoms with Crippen molar-refractivity contribution < 1.29 is 9.59 Å². The fourth-order valence-electron chi connectivity index (χ4n) is 2.30. The summed E-state index contributed by atoms with van der Waals surface area (Å²) in [6.07, 6.45) is 2.52. The van der Waals surface area contributed by atoms with E-state index in [4.69, 9.17) is 11.6 Å². The van der Waals surface area contributed by atoms with E-state index in [0.29, 0.717) is 22.7 Å². The predicted octanol–water partition coefficient (Wildman–Crippen LogP) is 2.20. The van der Waals surface area contributed by atoms with Crippen molar-refractivity contribution in [2.75, 3.05) is 18.9 Å². The maximum absolute atomic E-state index is 12.0. The quantitative estimate of drug-likeness (QED) is 0.792. The Balaban J connectivity index is 0.00000220. The molecule has 116 valence electrons. The molecule has 1 aliphatic rings. The first-order valence-electron chi connectivity index (χ1n) is 6.65. The van der Waals surface area contributed by atoms with Crippen molar-refractivity contribution in [3.63, 3.8) is 0 Å². The van der Waals surface area contributed by atoms with Crippen LogP contribution in [0.5, 0.6) is 0 Å². The highest BCUT2D eigenvalue weighted by molar-refractivity contribution is 6.31. The van der Waals surface area contributed by atoms with Crippen molar-refractivity contribution in [3.8, 4) is 0 Å². The SMILES string of the molecule is CNC(=O)c1cc(Cl)ccc1NC(=O)CC1CCCN1.Cl. The van der Waals surface area contributed by atoms with E-state index in [9.17, 15) is 9.59 Å². The lowest BCUT2D eigenvalue weighted by Crippen LogP contribution is -2.28. The van der Waals surface area contributed by atoms with Crippen molar-refractivity contribution >= 4 is 41.5 Å². The van der Waals surface area contributed by atoms with Gasteiger partial charge in [0.1, 0.15) is 0 Å². The Hall–Kier alpha value is -1.30. The molecule has 0 aromatic heterocycles. The van der Waals surface area contributed by atoms with Gasteiger partial charge in [0.15, 0.2) is 0 Å². The van der Waals surface area contributed by atoms with Crippen LogP contribution in [-0.2, 0) is 4.79 Å². The highest BCUT2D eigenvalue weighted by atomic mass is 35.5. The average Bonchev–Trinajstić information content (AvgIpc) is 2.92. The molecule has 2 amide bonds. The molecule has 1 atom stereocenters. The third-order valence-electron chi connectivity index (χ3n) is 3.32. The van der Waals surface area contributed by atoms with Gasteiger partial charge in [0.05, 0.1) is 11.3 Å². The Labute approximate surface area is 135 Å². The van der Waals surface area contributed by atoms with Gasteiger partial charge < -0.3 is 16.0 Å². The van der Waals surface area contributed by atoms with E-state index in [-0.39, 0.29) is 30.3 Å². The minimum atomic E-state index is -0.276. The molecule has 1 unspecified atom stereocenters. The molecule has 3 N–H and O–H groups in total. The van der Waals surface area contributed by atoms with Crippen LogP contribution in [0.25, 0.3) is 0 Å². The van der Waals surface area contributed by atoms with Gasteiger partial charge >= 0.3 is 0 Å². The molecular formula is C14H19Cl2N3O2. The molecular weight excluding hydrogens is 313 g/mol. The summed E-state index contributed by atoms with van der Waals surface area (Å²) < 4.78 is 0. The average molecular weight is 332 g/mol. The highest BCUT2D eigenvalue weighted by Gasteiger charge is 2.19. The highest BCUT2D eigenvalue weighted by Crippen LogP contribution is 2.21. The summed E-state index contributed by atoms with van der Waals surface area (Å²) in [5.74, 6) is -0.376. The number of hydrogen-bond donors (Lipinski definition) is 3. The second-order valence-electron chi connectivity index (χ2n) is 4.81.